The molecule has 2 atom stereocenters. The van der Waals surface area contributed by atoms with Crippen molar-refractivity contribution < 1.29 is 46.0 Å². The van der Waals surface area contributed by atoms with Gasteiger partial charge in [-0.25, -0.2) is 19.0 Å². The summed E-state index contributed by atoms with van der Waals surface area (Å²) in [5.41, 5.74) is 9.27. The van der Waals surface area contributed by atoms with Crippen molar-refractivity contribution in [1.82, 2.24) is 30.2 Å². The van der Waals surface area contributed by atoms with Gasteiger partial charge in [0.1, 0.15) is 22.8 Å². The number of carbonyl (C=O) groups excluding carboxylic acids is 3. The van der Waals surface area contributed by atoms with Crippen LogP contribution < -0.4 is 20.4 Å². The Balaban J connectivity index is 0.000000216. The number of benzene rings is 4. The van der Waals surface area contributed by atoms with Crippen LogP contribution in [0.2, 0.25) is 0 Å². The predicted octanol–water partition coefficient (Wildman–Crippen LogP) is 7.70. The molecule has 8 rings (SSSR count). The van der Waals surface area contributed by atoms with Crippen LogP contribution >= 0.6 is 0 Å². The molecule has 6 aromatic rings. The number of methoxy groups -OCH3 is 1. The molecule has 3 N–H and O–H groups in total. The second-order valence-electron chi connectivity index (χ2n) is 18.3. The number of halogens is 1. The lowest BCUT2D eigenvalue weighted by Crippen LogP contribution is -2.29. The zero-order valence-corrected chi connectivity index (χ0v) is 42.9. The molecule has 0 fully saturated rings. The number of carboxylic acids is 1. The number of hydrogen-bond acceptors (Lipinski definition) is 12. The summed E-state index contributed by atoms with van der Waals surface area (Å²) < 4.78 is 47.9. The molecule has 2 aliphatic rings. The standard InChI is InChI=1S/C28H34N4O6S.C26H29FN4O3/c1-19(23-11-13-24(14-12-23)28(34)37-3)29-26(33)25-20(2)30-32-16-15-31(27(25)32)18-22-9-7-21(8-10-22)6-5-17-38-39(4,35)36;1-17(21-9-11-22(12-10-21)26(33)34)28-24(32)23-18(2)29-31-15-14-30(25(23)31)16-20-7-5-19(6-8-20)4-3-13-27/h7-14,19H,5-6,15-18H2,1-4H3,(H,29,33);5-12,17H,3-4,13-16H2,1-2H3,(H,28,32)(H,33,34)/t19-;17-/m00/s1. The Labute approximate surface area is 425 Å². The van der Waals surface area contributed by atoms with Crippen LogP contribution in [0.3, 0.4) is 0 Å². The van der Waals surface area contributed by atoms with Crippen LogP contribution in [0.25, 0.3) is 0 Å². The van der Waals surface area contributed by atoms with Gasteiger partial charge in [0.2, 0.25) is 0 Å². The van der Waals surface area contributed by atoms with E-state index in [0.29, 0.717) is 67.1 Å². The molecule has 0 radical (unpaired) electrons. The highest BCUT2D eigenvalue weighted by atomic mass is 32.2. The third-order valence-corrected chi connectivity index (χ3v) is 13.5. The Morgan fingerprint density at radius 1 is 0.644 bits per heavy atom. The first-order valence-electron chi connectivity index (χ1n) is 24.3. The van der Waals surface area contributed by atoms with Gasteiger partial charge in [-0.05, 0) is 111 Å². The van der Waals surface area contributed by atoms with Crippen LogP contribution in [0, 0.1) is 13.8 Å². The van der Waals surface area contributed by atoms with E-state index in [4.69, 9.17) is 14.0 Å². The summed E-state index contributed by atoms with van der Waals surface area (Å²) in [5, 5.41) is 24.4. The largest absolute Gasteiger partial charge is 0.478 e. The summed E-state index contributed by atoms with van der Waals surface area (Å²) in [6.07, 6.45) is 3.65. The van der Waals surface area contributed by atoms with Crippen LogP contribution in [0.15, 0.2) is 97.1 Å². The van der Waals surface area contributed by atoms with E-state index < -0.39 is 22.1 Å². The fourth-order valence-corrected chi connectivity index (χ4v) is 9.46. The number of esters is 1. The quantitative estimate of drug-likeness (QED) is 0.0381. The number of amides is 2. The molecular formula is C54H63FN8O9S. The normalized spacial score (nSPS) is 13.6. The zero-order valence-electron chi connectivity index (χ0n) is 42.1. The molecule has 0 spiro atoms. The zero-order chi connectivity index (χ0) is 52.4. The van der Waals surface area contributed by atoms with Gasteiger partial charge in [-0.3, -0.25) is 18.2 Å². The first-order valence-corrected chi connectivity index (χ1v) is 26.1. The number of hydrogen-bond donors (Lipinski definition) is 3. The van der Waals surface area contributed by atoms with Crippen molar-refractivity contribution in [2.45, 2.75) is 91.6 Å². The number of nitrogens with one attached hydrogen (secondary N) is 2. The molecule has 0 aliphatic carbocycles. The van der Waals surface area contributed by atoms with Gasteiger partial charge in [0.15, 0.2) is 0 Å². The molecule has 19 heteroatoms. The van der Waals surface area contributed by atoms with Crippen LogP contribution in [0.4, 0.5) is 16.0 Å². The first-order chi connectivity index (χ1) is 34.9. The number of alkyl halides is 1. The fraction of sp³-hybridized carbons (Fsp3) is 0.370. The lowest BCUT2D eigenvalue weighted by Gasteiger charge is -2.20. The van der Waals surface area contributed by atoms with Gasteiger partial charge in [0, 0.05) is 26.2 Å². The number of aryl methyl sites for hydroxylation is 4. The van der Waals surface area contributed by atoms with E-state index in [-0.39, 0.29) is 42.7 Å². The first kappa shape index (κ1) is 53.4. The van der Waals surface area contributed by atoms with Crippen molar-refractivity contribution in [3.63, 3.8) is 0 Å². The number of ether oxygens (including phenoxy) is 1. The number of carboxylic acid groups (broad SMARTS) is 1. The maximum absolute atomic E-state index is 13.4. The molecule has 2 amide bonds. The number of carbonyl (C=O) groups is 4. The van der Waals surface area contributed by atoms with Crippen LogP contribution in [-0.2, 0) is 58.1 Å². The van der Waals surface area contributed by atoms with E-state index in [1.165, 1.54) is 19.2 Å². The van der Waals surface area contributed by atoms with Gasteiger partial charge in [-0.2, -0.15) is 18.6 Å². The average Bonchev–Trinajstić information content (AvgIpc) is 4.13. The molecule has 17 nitrogen and oxygen atoms in total. The van der Waals surface area contributed by atoms with E-state index in [1.54, 1.807) is 36.4 Å². The van der Waals surface area contributed by atoms with Crippen LogP contribution in [0.1, 0.15) is 125 Å². The van der Waals surface area contributed by atoms with Crippen molar-refractivity contribution in [1.29, 1.82) is 0 Å². The second-order valence-corrected chi connectivity index (χ2v) is 20.0. The molecule has 0 bridgehead atoms. The Morgan fingerprint density at radius 2 is 1.05 bits per heavy atom. The third-order valence-electron chi connectivity index (χ3n) is 12.9. The van der Waals surface area contributed by atoms with E-state index in [1.807, 2.05) is 61.3 Å². The highest BCUT2D eigenvalue weighted by molar-refractivity contribution is 7.85. The highest BCUT2D eigenvalue weighted by Gasteiger charge is 2.32. The van der Waals surface area contributed by atoms with Gasteiger partial charge >= 0.3 is 11.9 Å². The number of rotatable bonds is 20. The molecule has 386 valence electrons. The Hall–Kier alpha value is -7.38. The van der Waals surface area contributed by atoms with E-state index in [0.717, 1.165) is 77.2 Å². The summed E-state index contributed by atoms with van der Waals surface area (Å²) in [7, 11) is -2.07. The van der Waals surface area contributed by atoms with Crippen molar-refractivity contribution in [2.75, 3.05) is 49.5 Å². The molecule has 73 heavy (non-hydrogen) atoms. The van der Waals surface area contributed by atoms with Gasteiger partial charge < -0.3 is 30.3 Å². The third kappa shape index (κ3) is 13.6. The van der Waals surface area contributed by atoms with Crippen molar-refractivity contribution in [3.05, 3.63) is 164 Å². The maximum atomic E-state index is 13.4. The van der Waals surface area contributed by atoms with E-state index >= 15 is 0 Å². The lowest BCUT2D eigenvalue weighted by molar-refractivity contribution is 0.0599. The van der Waals surface area contributed by atoms with Crippen molar-refractivity contribution in [2.24, 2.45) is 0 Å². The van der Waals surface area contributed by atoms with Crippen molar-refractivity contribution in [3.8, 4) is 0 Å². The summed E-state index contributed by atoms with van der Waals surface area (Å²) in [6, 6.07) is 29.3. The molecular weight excluding hydrogens is 956 g/mol. The summed E-state index contributed by atoms with van der Waals surface area (Å²) >= 11 is 0. The SMILES string of the molecule is COC(=O)c1ccc([C@H](C)NC(=O)c2c(C)nn3c2N(Cc2ccc(CCCOS(C)(=O)=O)cc2)CC3)cc1.Cc1nn2c(c1C(=O)N[C@@H](C)c1ccc(C(=O)O)cc1)N(Cc1ccc(CCCF)cc1)CC2. The average molecular weight is 1020 g/mol. The number of fused-ring (bicyclic) bond motifs is 2. The number of aromatic carboxylic acids is 1. The Kier molecular flexibility index (Phi) is 17.5. The van der Waals surface area contributed by atoms with Gasteiger partial charge in [-0.15, -0.1) is 0 Å². The Morgan fingerprint density at radius 3 is 1.45 bits per heavy atom. The van der Waals surface area contributed by atoms with E-state index in [9.17, 15) is 32.0 Å². The fourth-order valence-electron chi connectivity index (χ4n) is 9.04. The molecule has 0 unspecified atom stereocenters. The van der Waals surface area contributed by atoms with Gasteiger partial charge in [0.25, 0.3) is 21.9 Å². The van der Waals surface area contributed by atoms with E-state index in [2.05, 4.69) is 54.9 Å². The Bertz CT molecular complexity index is 3010. The maximum Gasteiger partial charge on any atom is 0.337 e. The molecule has 2 aromatic heterocycles. The topological polar surface area (TPSA) is 207 Å². The summed E-state index contributed by atoms with van der Waals surface area (Å²) in [5.74, 6) is -0.175. The number of nitrogens with zero attached hydrogens (tertiary/aromatic N) is 6. The molecule has 0 saturated heterocycles. The second kappa shape index (κ2) is 23.9. The lowest BCUT2D eigenvalue weighted by atomic mass is 10.1. The molecule has 2 aliphatic heterocycles. The minimum absolute atomic E-state index is 0.167. The summed E-state index contributed by atoms with van der Waals surface area (Å²) in [6.45, 7) is 11.5. The molecule has 4 aromatic carbocycles. The minimum atomic E-state index is -3.41. The smallest absolute Gasteiger partial charge is 0.337 e. The monoisotopic (exact) mass is 1020 g/mol. The summed E-state index contributed by atoms with van der Waals surface area (Å²) in [4.78, 5) is 53.8. The predicted molar refractivity (Wildman–Crippen MR) is 275 cm³/mol. The number of anilines is 2. The van der Waals surface area contributed by atoms with Gasteiger partial charge in [0.05, 0.1) is 74.3 Å². The minimum Gasteiger partial charge on any atom is -0.478 e. The molecule has 4 heterocycles. The number of aromatic nitrogens is 4. The van der Waals surface area contributed by atoms with Crippen LogP contribution in [-0.4, -0.2) is 96.6 Å². The van der Waals surface area contributed by atoms with Crippen molar-refractivity contribution >= 4 is 45.5 Å². The highest BCUT2D eigenvalue weighted by Crippen LogP contribution is 2.32. The van der Waals surface area contributed by atoms with Crippen LogP contribution in [0.5, 0.6) is 0 Å². The van der Waals surface area contributed by atoms with Gasteiger partial charge in [-0.1, -0.05) is 72.8 Å². The molecule has 0 saturated carbocycles.